The summed E-state index contributed by atoms with van der Waals surface area (Å²) in [5, 5.41) is 5.87. The fraction of sp³-hybridized carbons (Fsp3) is 0. The summed E-state index contributed by atoms with van der Waals surface area (Å²) in [6.07, 6.45) is 0. The zero-order valence-electron chi connectivity index (χ0n) is 41.7. The van der Waals surface area contributed by atoms with Gasteiger partial charge in [-0.25, -0.2) is 4.98 Å². The van der Waals surface area contributed by atoms with E-state index >= 15 is 0 Å². The molecule has 0 saturated carbocycles. The van der Waals surface area contributed by atoms with Crippen molar-refractivity contribution >= 4 is 87.4 Å². The lowest BCUT2D eigenvalue weighted by Gasteiger charge is -2.20. The third-order valence-electron chi connectivity index (χ3n) is 12.6. The maximum Gasteiger partial charge on any atom is 0.237 e. The van der Waals surface area contributed by atoms with E-state index < -0.39 is 48.3 Å². The maximum absolute atomic E-state index is 9.47. The second kappa shape index (κ2) is 13.4. The normalized spacial score (nSPS) is 13.8. The number of hydrogen-bond acceptors (Lipinski definition) is 3. The number of hydrogen-bond donors (Lipinski definition) is 0. The van der Waals surface area contributed by atoms with Gasteiger partial charge in [0.15, 0.2) is 0 Å². The Hall–Kier alpha value is -8.74. The molecule has 0 atom stereocenters. The third-order valence-corrected chi connectivity index (χ3v) is 12.6. The van der Waals surface area contributed by atoms with Crippen molar-refractivity contribution in [3.05, 3.63) is 212 Å². The third kappa shape index (κ3) is 4.96. The number of aromatic nitrogens is 5. The van der Waals surface area contributed by atoms with Crippen molar-refractivity contribution in [1.82, 2.24) is 23.7 Å². The molecule has 0 unspecified atom stereocenters. The molecule has 0 aliphatic heterocycles. The molecule has 5 heterocycles. The molecule has 64 heavy (non-hydrogen) atoms. The van der Waals surface area contributed by atoms with E-state index in [1.807, 2.05) is 120 Å². The molecule has 0 aliphatic rings. The zero-order valence-corrected chi connectivity index (χ0v) is 33.7. The molecule has 6 heteroatoms. The first-order valence-corrected chi connectivity index (χ1v) is 21.0. The summed E-state index contributed by atoms with van der Waals surface area (Å²) >= 11 is 0. The van der Waals surface area contributed by atoms with Crippen LogP contribution in [0.3, 0.4) is 0 Å². The van der Waals surface area contributed by atoms with Gasteiger partial charge in [0, 0.05) is 54.7 Å². The predicted octanol–water partition coefficient (Wildman–Crippen LogP) is 15.0. The highest BCUT2D eigenvalue weighted by Crippen LogP contribution is 2.44. The first-order valence-electron chi connectivity index (χ1n) is 25.0. The van der Waals surface area contributed by atoms with Gasteiger partial charge in [-0.05, 0) is 71.7 Å². The Balaban J connectivity index is 1.19. The van der Waals surface area contributed by atoms with Crippen molar-refractivity contribution in [2.24, 2.45) is 0 Å². The smallest absolute Gasteiger partial charge is 0.237 e. The number of furan rings is 1. The van der Waals surface area contributed by atoms with E-state index in [4.69, 9.17) is 19.9 Å². The monoisotopic (exact) mass is 825 g/mol. The molecule has 0 radical (unpaired) electrons. The summed E-state index contributed by atoms with van der Waals surface area (Å²) < 4.78 is 85.0. The lowest BCUT2D eigenvalue weighted by atomic mass is 9.94. The van der Waals surface area contributed by atoms with Gasteiger partial charge >= 0.3 is 0 Å². The van der Waals surface area contributed by atoms with Crippen LogP contribution in [0.4, 0.5) is 0 Å². The second-order valence-electron chi connectivity index (χ2n) is 15.9. The number of rotatable bonds is 5. The lowest BCUT2D eigenvalue weighted by molar-refractivity contribution is 0.669. The summed E-state index contributed by atoms with van der Waals surface area (Å²) in [5.41, 5.74) is 8.40. The predicted molar refractivity (Wildman–Crippen MR) is 263 cm³/mol. The van der Waals surface area contributed by atoms with E-state index in [0.29, 0.717) is 16.8 Å². The Kier molecular flexibility index (Phi) is 5.85. The zero-order chi connectivity index (χ0) is 48.8. The van der Waals surface area contributed by atoms with Crippen molar-refractivity contribution in [3.63, 3.8) is 0 Å². The first kappa shape index (κ1) is 28.0. The van der Waals surface area contributed by atoms with Gasteiger partial charge < -0.3 is 8.98 Å². The molecule has 0 N–H and O–H groups in total. The average Bonchev–Trinajstić information content (AvgIpc) is 4.17. The summed E-state index contributed by atoms with van der Waals surface area (Å²) in [5.74, 6) is 0.329. The minimum absolute atomic E-state index is 0.0490. The summed E-state index contributed by atoms with van der Waals surface area (Å²) in [6, 6.07) is 50.7. The van der Waals surface area contributed by atoms with Crippen LogP contribution in [0.5, 0.6) is 0 Å². The molecule has 298 valence electrons. The van der Waals surface area contributed by atoms with Crippen LogP contribution in [0.15, 0.2) is 217 Å². The molecular weight excluding hydrogens is 783 g/mol. The quantitative estimate of drug-likeness (QED) is 0.174. The van der Waals surface area contributed by atoms with E-state index in [1.54, 1.807) is 6.07 Å². The Morgan fingerprint density at radius 1 is 0.391 bits per heavy atom. The molecule has 9 aromatic carbocycles. The standard InChI is InChI=1S/C58H35N5O/c1-8-24-47-38(16-1)39-17-2-9-25-48(39)61(47)53-30-15-23-37(36-32-33-45-44-22-7-14-31-54(44)64-55(45)34-36)57(53)46-35-56(62-49-26-10-3-18-40(49)41-19-4-11-27-50(41)62)60-58(59-46)63-51-28-12-5-20-42(51)43-21-6-13-29-52(43)63/h1-35H/i3D,4D,10D,11D,18D,19D,26D,27D. The van der Waals surface area contributed by atoms with Crippen LogP contribution in [0.2, 0.25) is 0 Å². The van der Waals surface area contributed by atoms with Crippen molar-refractivity contribution in [2.45, 2.75) is 0 Å². The van der Waals surface area contributed by atoms with Gasteiger partial charge in [0.2, 0.25) is 5.95 Å². The van der Waals surface area contributed by atoms with Crippen LogP contribution >= 0.6 is 0 Å². The summed E-state index contributed by atoms with van der Waals surface area (Å²) in [7, 11) is 0. The lowest BCUT2D eigenvalue weighted by Crippen LogP contribution is -2.09. The molecule has 0 saturated heterocycles. The van der Waals surface area contributed by atoms with Crippen LogP contribution in [0.1, 0.15) is 11.0 Å². The molecule has 0 amide bonds. The molecule has 0 spiro atoms. The van der Waals surface area contributed by atoms with Crippen LogP contribution in [-0.2, 0) is 0 Å². The van der Waals surface area contributed by atoms with Crippen LogP contribution < -0.4 is 0 Å². The van der Waals surface area contributed by atoms with E-state index in [2.05, 4.69) is 47.0 Å². The SMILES string of the molecule is [2H]c1c([2H])c([2H])c2c(c1[2H])c1c([2H])c([2H])c([2H])c([2H])c1n2-c1cc(-c2c(-c3ccc4c(c3)oc3ccccc34)cccc2-n2c3ccccc3c3ccccc32)nc(-n2c3ccccc3c3ccccc32)n1. The Morgan fingerprint density at radius 3 is 1.55 bits per heavy atom. The van der Waals surface area contributed by atoms with Gasteiger partial charge in [-0.15, -0.1) is 0 Å². The summed E-state index contributed by atoms with van der Waals surface area (Å²) in [6.45, 7) is 0. The molecule has 5 aromatic heterocycles. The fourth-order valence-corrected chi connectivity index (χ4v) is 9.86. The van der Waals surface area contributed by atoms with E-state index in [-0.39, 0.29) is 33.6 Å². The van der Waals surface area contributed by atoms with E-state index in [1.165, 1.54) is 4.57 Å². The Labute approximate surface area is 377 Å². The number of fused-ring (bicyclic) bond motifs is 12. The number of nitrogens with zero attached hydrogens (tertiary/aromatic N) is 5. The second-order valence-corrected chi connectivity index (χ2v) is 15.9. The van der Waals surface area contributed by atoms with Gasteiger partial charge in [0.05, 0.1) is 55.4 Å². The number of para-hydroxylation sites is 7. The summed E-state index contributed by atoms with van der Waals surface area (Å²) in [4.78, 5) is 10.9. The first-order chi connectivity index (χ1) is 35.1. The molecule has 0 aliphatic carbocycles. The maximum atomic E-state index is 9.47. The largest absolute Gasteiger partial charge is 0.456 e. The van der Waals surface area contributed by atoms with Gasteiger partial charge in [-0.3, -0.25) is 9.13 Å². The van der Waals surface area contributed by atoms with Gasteiger partial charge in [-0.1, -0.05) is 145 Å². The molecular formula is C58H35N5O. The van der Waals surface area contributed by atoms with E-state index in [0.717, 1.165) is 76.8 Å². The van der Waals surface area contributed by atoms with Crippen LogP contribution in [-0.4, -0.2) is 23.7 Å². The van der Waals surface area contributed by atoms with Gasteiger partial charge in [-0.2, -0.15) is 4.98 Å². The Morgan fingerprint density at radius 2 is 0.922 bits per heavy atom. The molecule has 0 fully saturated rings. The number of benzene rings is 9. The van der Waals surface area contributed by atoms with Crippen LogP contribution in [0.25, 0.3) is 127 Å². The fourth-order valence-electron chi connectivity index (χ4n) is 9.86. The van der Waals surface area contributed by atoms with Gasteiger partial charge in [0.1, 0.15) is 17.0 Å². The molecule has 6 nitrogen and oxygen atoms in total. The molecule has 14 aromatic rings. The molecule has 14 rings (SSSR count). The van der Waals surface area contributed by atoms with Crippen molar-refractivity contribution in [2.75, 3.05) is 0 Å². The van der Waals surface area contributed by atoms with E-state index in [9.17, 15) is 5.48 Å². The topological polar surface area (TPSA) is 53.7 Å². The highest BCUT2D eigenvalue weighted by Gasteiger charge is 2.24. The molecule has 0 bridgehead atoms. The van der Waals surface area contributed by atoms with Crippen molar-refractivity contribution < 1.29 is 15.4 Å². The highest BCUT2D eigenvalue weighted by molar-refractivity contribution is 6.12. The highest BCUT2D eigenvalue weighted by atomic mass is 16.3. The average molecular weight is 826 g/mol. The van der Waals surface area contributed by atoms with Crippen LogP contribution in [0, 0.1) is 0 Å². The Bertz CT molecular complexity index is 4520. The van der Waals surface area contributed by atoms with Gasteiger partial charge in [0.25, 0.3) is 0 Å². The minimum atomic E-state index is -0.528. The minimum Gasteiger partial charge on any atom is -0.456 e. The van der Waals surface area contributed by atoms with Crippen molar-refractivity contribution in [1.29, 1.82) is 0 Å². The van der Waals surface area contributed by atoms with Crippen molar-refractivity contribution in [3.8, 4) is 39.8 Å².